The molecule has 0 rings (SSSR count). The van der Waals surface area contributed by atoms with Gasteiger partial charge in [0.05, 0.1) is 5.75 Å². The van der Waals surface area contributed by atoms with Crippen molar-refractivity contribution >= 4 is 16.1 Å². The van der Waals surface area contributed by atoms with E-state index in [0.29, 0.717) is 0 Å². The van der Waals surface area contributed by atoms with Gasteiger partial charge in [0.15, 0.2) is 6.10 Å². The highest BCUT2D eigenvalue weighted by molar-refractivity contribution is 7.86. The normalized spacial score (nSPS) is 13.2. The standard InChI is InChI=1S/C9H15FO5S/c1-4-16(12,13)14-6-8(5-10)15-9(11)7(2)3/h8H,2,4-6H2,1,3H3. The van der Waals surface area contributed by atoms with E-state index in [9.17, 15) is 17.6 Å². The fourth-order valence-electron chi connectivity index (χ4n) is 0.625. The van der Waals surface area contributed by atoms with Crippen molar-refractivity contribution in [1.29, 1.82) is 0 Å². The van der Waals surface area contributed by atoms with Gasteiger partial charge in [-0.1, -0.05) is 6.58 Å². The fourth-order valence-corrected chi connectivity index (χ4v) is 1.15. The van der Waals surface area contributed by atoms with E-state index in [4.69, 9.17) is 0 Å². The van der Waals surface area contributed by atoms with E-state index in [1.54, 1.807) is 0 Å². The number of hydrogen-bond donors (Lipinski definition) is 0. The van der Waals surface area contributed by atoms with Crippen molar-refractivity contribution in [3.05, 3.63) is 12.2 Å². The van der Waals surface area contributed by atoms with Crippen molar-refractivity contribution in [1.82, 2.24) is 0 Å². The molecule has 0 fully saturated rings. The number of halogens is 1. The predicted octanol–water partition coefficient (Wildman–Crippen LogP) is 0.810. The maximum Gasteiger partial charge on any atom is 0.333 e. The number of ether oxygens (including phenoxy) is 1. The Bertz CT molecular complexity index is 349. The zero-order valence-corrected chi connectivity index (χ0v) is 10.0. The van der Waals surface area contributed by atoms with Crippen LogP contribution in [-0.4, -0.2) is 39.5 Å². The maximum absolute atomic E-state index is 12.4. The largest absolute Gasteiger partial charge is 0.454 e. The maximum atomic E-state index is 12.4. The lowest BCUT2D eigenvalue weighted by Gasteiger charge is -2.14. The van der Waals surface area contributed by atoms with Gasteiger partial charge in [0, 0.05) is 5.57 Å². The summed E-state index contributed by atoms with van der Waals surface area (Å²) in [6, 6.07) is 0. The summed E-state index contributed by atoms with van der Waals surface area (Å²) in [4.78, 5) is 11.0. The van der Waals surface area contributed by atoms with Crippen molar-refractivity contribution in [2.24, 2.45) is 0 Å². The molecule has 0 aromatic rings. The lowest BCUT2D eigenvalue weighted by atomic mass is 10.3. The Labute approximate surface area is 94.4 Å². The highest BCUT2D eigenvalue weighted by Gasteiger charge is 2.18. The van der Waals surface area contributed by atoms with Gasteiger partial charge in [0.2, 0.25) is 0 Å². The minimum Gasteiger partial charge on any atom is -0.454 e. The van der Waals surface area contributed by atoms with E-state index in [2.05, 4.69) is 15.5 Å². The van der Waals surface area contributed by atoms with Gasteiger partial charge in [-0.05, 0) is 13.8 Å². The molecule has 0 saturated heterocycles. The lowest BCUT2D eigenvalue weighted by Crippen LogP contribution is -2.27. The highest BCUT2D eigenvalue weighted by atomic mass is 32.2. The molecule has 1 unspecified atom stereocenters. The molecule has 1 atom stereocenters. The van der Waals surface area contributed by atoms with Gasteiger partial charge in [0.25, 0.3) is 10.1 Å². The number of alkyl halides is 1. The van der Waals surface area contributed by atoms with Crippen LogP contribution in [0.15, 0.2) is 12.2 Å². The first-order chi connectivity index (χ1) is 7.32. The topological polar surface area (TPSA) is 69.7 Å². The van der Waals surface area contributed by atoms with Crippen LogP contribution in [0.5, 0.6) is 0 Å². The van der Waals surface area contributed by atoms with E-state index in [1.807, 2.05) is 0 Å². The summed E-state index contributed by atoms with van der Waals surface area (Å²) in [6.07, 6.45) is -1.23. The quantitative estimate of drug-likeness (QED) is 0.382. The number of hydrogen-bond acceptors (Lipinski definition) is 5. The minimum atomic E-state index is -3.66. The number of carbonyl (C=O) groups excluding carboxylic acids is 1. The van der Waals surface area contributed by atoms with Gasteiger partial charge >= 0.3 is 5.97 Å². The van der Waals surface area contributed by atoms with Crippen LogP contribution < -0.4 is 0 Å². The molecular formula is C9H15FO5S. The fraction of sp³-hybridized carbons (Fsp3) is 0.667. The lowest BCUT2D eigenvalue weighted by molar-refractivity contribution is -0.146. The third kappa shape index (κ3) is 5.82. The first-order valence-corrected chi connectivity index (χ1v) is 6.19. The zero-order valence-electron chi connectivity index (χ0n) is 9.23. The van der Waals surface area contributed by atoms with Crippen molar-refractivity contribution < 1.29 is 26.5 Å². The summed E-state index contributed by atoms with van der Waals surface area (Å²) in [5.41, 5.74) is 0.108. The number of carbonyl (C=O) groups is 1. The summed E-state index contributed by atoms with van der Waals surface area (Å²) >= 11 is 0. The number of rotatable bonds is 7. The second-order valence-electron chi connectivity index (χ2n) is 3.09. The molecule has 0 amide bonds. The van der Waals surface area contributed by atoms with E-state index in [1.165, 1.54) is 13.8 Å². The van der Waals surface area contributed by atoms with Crippen LogP contribution in [0.2, 0.25) is 0 Å². The van der Waals surface area contributed by atoms with Gasteiger partial charge in [-0.2, -0.15) is 8.42 Å². The molecule has 0 spiro atoms. The van der Waals surface area contributed by atoms with Crippen LogP contribution in [0.3, 0.4) is 0 Å². The second kappa shape index (κ2) is 6.59. The summed E-state index contributed by atoms with van der Waals surface area (Å²) < 4.78 is 43.3. The van der Waals surface area contributed by atoms with Gasteiger partial charge in [0.1, 0.15) is 13.3 Å². The van der Waals surface area contributed by atoms with E-state index < -0.39 is 35.5 Å². The molecule has 7 heteroatoms. The molecule has 0 aliphatic rings. The molecule has 94 valence electrons. The van der Waals surface area contributed by atoms with E-state index >= 15 is 0 Å². The second-order valence-corrected chi connectivity index (χ2v) is 5.02. The Hall–Kier alpha value is -0.950. The van der Waals surface area contributed by atoms with Gasteiger partial charge in [-0.3, -0.25) is 4.18 Å². The van der Waals surface area contributed by atoms with Crippen LogP contribution in [0, 0.1) is 0 Å². The molecule has 0 radical (unpaired) electrons. The summed E-state index contributed by atoms with van der Waals surface area (Å²) in [5.74, 6) is -0.999. The van der Waals surface area contributed by atoms with Gasteiger partial charge in [-0.25, -0.2) is 9.18 Å². The number of esters is 1. The van der Waals surface area contributed by atoms with Crippen molar-refractivity contribution in [2.75, 3.05) is 19.0 Å². The molecule has 5 nitrogen and oxygen atoms in total. The minimum absolute atomic E-state index is 0.108. The Kier molecular flexibility index (Phi) is 6.20. The van der Waals surface area contributed by atoms with Crippen molar-refractivity contribution in [2.45, 2.75) is 20.0 Å². The molecular weight excluding hydrogens is 239 g/mol. The SMILES string of the molecule is C=C(C)C(=O)OC(CF)COS(=O)(=O)CC. The molecule has 0 aromatic carbocycles. The van der Waals surface area contributed by atoms with Crippen LogP contribution in [0.4, 0.5) is 4.39 Å². The Morgan fingerprint density at radius 3 is 2.44 bits per heavy atom. The summed E-state index contributed by atoms with van der Waals surface area (Å²) in [5, 5.41) is 0. The molecule has 16 heavy (non-hydrogen) atoms. The molecule has 0 saturated carbocycles. The van der Waals surface area contributed by atoms with E-state index in [-0.39, 0.29) is 11.3 Å². The average molecular weight is 254 g/mol. The molecule has 0 bridgehead atoms. The molecule has 0 aliphatic carbocycles. The Morgan fingerprint density at radius 2 is 2.06 bits per heavy atom. The van der Waals surface area contributed by atoms with Crippen LogP contribution in [0.1, 0.15) is 13.8 Å². The van der Waals surface area contributed by atoms with E-state index in [0.717, 1.165) is 0 Å². The summed E-state index contributed by atoms with van der Waals surface area (Å²) in [6.45, 7) is 4.57. The molecule has 0 aliphatic heterocycles. The van der Waals surface area contributed by atoms with Crippen molar-refractivity contribution in [3.8, 4) is 0 Å². The van der Waals surface area contributed by atoms with Gasteiger partial charge < -0.3 is 4.74 Å². The summed E-state index contributed by atoms with van der Waals surface area (Å²) in [7, 11) is -3.66. The van der Waals surface area contributed by atoms with Crippen LogP contribution in [0.25, 0.3) is 0 Å². The smallest absolute Gasteiger partial charge is 0.333 e. The molecule has 0 heterocycles. The first-order valence-electron chi connectivity index (χ1n) is 4.62. The predicted molar refractivity (Wildman–Crippen MR) is 56.1 cm³/mol. The highest BCUT2D eigenvalue weighted by Crippen LogP contribution is 2.03. The third-order valence-electron chi connectivity index (χ3n) is 1.58. The van der Waals surface area contributed by atoms with Crippen molar-refractivity contribution in [3.63, 3.8) is 0 Å². The molecule has 0 aromatic heterocycles. The zero-order chi connectivity index (χ0) is 12.8. The first kappa shape index (κ1) is 15.0. The van der Waals surface area contributed by atoms with Crippen LogP contribution >= 0.6 is 0 Å². The monoisotopic (exact) mass is 254 g/mol. The molecule has 0 N–H and O–H groups in total. The average Bonchev–Trinajstić information content (AvgIpc) is 2.23. The Morgan fingerprint density at radius 1 is 1.50 bits per heavy atom. The van der Waals surface area contributed by atoms with Crippen LogP contribution in [-0.2, 0) is 23.8 Å². The Balaban J connectivity index is 4.22. The van der Waals surface area contributed by atoms with Gasteiger partial charge in [-0.15, -0.1) is 0 Å². The third-order valence-corrected chi connectivity index (χ3v) is 2.78.